The van der Waals surface area contributed by atoms with Crippen LogP contribution in [-0.4, -0.2) is 84.4 Å². The summed E-state index contributed by atoms with van der Waals surface area (Å²) in [5.41, 5.74) is 21.2. The van der Waals surface area contributed by atoms with Crippen LogP contribution in [0.4, 0.5) is 0 Å². The third kappa shape index (κ3) is 38.6. The molecule has 67 heavy (non-hydrogen) atoms. The maximum absolute atomic E-state index is 13.7. The number of rotatable bonds is 43. The number of carbonyl (C=O) groups excluding carboxylic acids is 6. The van der Waals surface area contributed by atoms with Crippen molar-refractivity contribution in [2.45, 2.75) is 238 Å². The smallest absolute Gasteiger partial charge is 0.262 e. The Hall–Kier alpha value is -5.23. The van der Waals surface area contributed by atoms with Crippen molar-refractivity contribution in [2.24, 2.45) is 36.9 Å². The maximum Gasteiger partial charge on any atom is 0.262 e. The minimum Gasteiger partial charge on any atom is -0.370 e. The second-order valence-electron chi connectivity index (χ2n) is 16.9. The first-order valence-electron chi connectivity index (χ1n) is 25.4. The van der Waals surface area contributed by atoms with Crippen LogP contribution < -0.4 is 43.8 Å². The third-order valence-corrected chi connectivity index (χ3v) is 10.7. The molecule has 0 radical (unpaired) electrons. The Kier molecular flexibility index (Phi) is 41.1. The molecule has 19 nitrogen and oxygen atoms in total. The number of aliphatic imine (C=N–C) groups is 1. The molecule has 0 saturated carbocycles. The Bertz CT molecular complexity index is 1500. The van der Waals surface area contributed by atoms with Gasteiger partial charge in [-0.15, -0.1) is 0 Å². The summed E-state index contributed by atoms with van der Waals surface area (Å²) in [4.78, 5) is 83.0. The Morgan fingerprint density at radius 2 is 0.731 bits per heavy atom. The van der Waals surface area contributed by atoms with Gasteiger partial charge in [-0.25, -0.2) is 26.7 Å². The number of nitrogens with zero attached hydrogens (tertiary/aromatic N) is 5. The zero-order valence-electron chi connectivity index (χ0n) is 41.6. The van der Waals surface area contributed by atoms with Crippen LogP contribution in [0.15, 0.2) is 25.4 Å². The van der Waals surface area contributed by atoms with E-state index in [0.29, 0.717) is 12.8 Å². The van der Waals surface area contributed by atoms with Gasteiger partial charge in [0.05, 0.1) is 0 Å². The molecule has 0 aromatic carbocycles. The summed E-state index contributed by atoms with van der Waals surface area (Å²) in [6.45, 7) is 8.59. The number of carbonyl (C=O) groups is 6. The predicted molar refractivity (Wildman–Crippen MR) is 271 cm³/mol. The van der Waals surface area contributed by atoms with E-state index in [1.54, 1.807) is 24.9 Å². The molecule has 0 heterocycles. The molecule has 0 spiro atoms. The molecule has 0 aromatic heterocycles. The van der Waals surface area contributed by atoms with Crippen LogP contribution in [0.3, 0.4) is 0 Å². The van der Waals surface area contributed by atoms with E-state index >= 15 is 0 Å². The molecule has 6 amide bonds. The number of hydrogen-bond acceptors (Lipinski definition) is 11. The number of amides is 6. The summed E-state index contributed by atoms with van der Waals surface area (Å²) < 4.78 is 0. The van der Waals surface area contributed by atoms with Crippen LogP contribution in [0.5, 0.6) is 0 Å². The summed E-state index contributed by atoms with van der Waals surface area (Å²) in [6.07, 6.45) is 30.1. The topological polar surface area (TPSA) is 288 Å². The summed E-state index contributed by atoms with van der Waals surface area (Å²) in [6, 6.07) is -3.69. The van der Waals surface area contributed by atoms with Gasteiger partial charge in [-0.2, -0.15) is 20.4 Å². The number of hydrazone groups is 4. The van der Waals surface area contributed by atoms with Crippen molar-refractivity contribution in [1.29, 1.82) is 0 Å². The van der Waals surface area contributed by atoms with Crippen molar-refractivity contribution in [3.63, 3.8) is 0 Å². The maximum atomic E-state index is 13.7. The molecule has 0 aliphatic rings. The second kappa shape index (κ2) is 44.6. The summed E-state index contributed by atoms with van der Waals surface area (Å²) >= 11 is 0. The lowest BCUT2D eigenvalue weighted by atomic mass is 10.1. The van der Waals surface area contributed by atoms with Crippen LogP contribution in [-0.2, 0) is 28.8 Å². The van der Waals surface area contributed by atoms with Gasteiger partial charge in [0.1, 0.15) is 18.1 Å². The van der Waals surface area contributed by atoms with Gasteiger partial charge in [-0.1, -0.05) is 130 Å². The van der Waals surface area contributed by atoms with Crippen LogP contribution >= 0.6 is 0 Å². The lowest BCUT2D eigenvalue weighted by molar-refractivity contribution is -0.131. The fourth-order valence-electron chi connectivity index (χ4n) is 6.66. The minimum atomic E-state index is -1.32. The second-order valence-corrected chi connectivity index (χ2v) is 16.9. The van der Waals surface area contributed by atoms with Gasteiger partial charge in [-0.3, -0.25) is 28.8 Å². The normalized spacial score (nSPS) is 12.8. The van der Waals surface area contributed by atoms with Crippen molar-refractivity contribution in [2.75, 3.05) is 0 Å². The summed E-state index contributed by atoms with van der Waals surface area (Å²) in [5, 5.41) is 21.4. The first-order valence-corrected chi connectivity index (χ1v) is 25.4. The standard InChI is InChI=1S/C48H89N13O6/c1-5-9-13-17-21-25-35-51-58-43(63)33-30-40(46(66)60-53-37-27-23-19-15-11-7-3)55-42(62)32-29-39(57-48(49)50)45(65)56-41(47(67)61-54-38-28-24-20-16-12-8-4)31-34-44(64)59-52-36-26-22-18-14-10-6-2/h35-41H,5-34H2,1-4H3,(H,55,62)(H,56,65)(H,58,63)(H,59,64)(H,60,66)(H,61,67)(H4,49,50,57)/b51-35+,52-36+,53-37+,54-38+/t39-,40-,41-/m0/s1. The van der Waals surface area contributed by atoms with E-state index in [0.717, 1.165) is 128 Å². The van der Waals surface area contributed by atoms with Gasteiger partial charge < -0.3 is 22.1 Å². The zero-order valence-corrected chi connectivity index (χ0v) is 41.6. The highest BCUT2D eigenvalue weighted by molar-refractivity contribution is 5.93. The molecule has 382 valence electrons. The minimum absolute atomic E-state index is 0.0592. The Labute approximate surface area is 401 Å². The molecule has 0 aliphatic carbocycles. The van der Waals surface area contributed by atoms with E-state index in [9.17, 15) is 28.8 Å². The van der Waals surface area contributed by atoms with E-state index in [1.165, 1.54) is 12.8 Å². The molecule has 0 bridgehead atoms. The molecule has 0 aliphatic heterocycles. The Morgan fingerprint density at radius 1 is 0.403 bits per heavy atom. The van der Waals surface area contributed by atoms with Crippen molar-refractivity contribution < 1.29 is 28.8 Å². The zero-order chi connectivity index (χ0) is 49.6. The Morgan fingerprint density at radius 3 is 1.09 bits per heavy atom. The fraction of sp³-hybridized carbons (Fsp3) is 0.771. The van der Waals surface area contributed by atoms with E-state index in [4.69, 9.17) is 11.5 Å². The molecular formula is C48H89N13O6. The highest BCUT2D eigenvalue weighted by atomic mass is 16.2. The lowest BCUT2D eigenvalue weighted by Crippen LogP contribution is -2.49. The number of unbranched alkanes of at least 4 members (excludes halogenated alkanes) is 20. The summed E-state index contributed by atoms with van der Waals surface area (Å²) in [5.74, 6) is -4.00. The molecule has 0 fully saturated rings. The molecule has 0 unspecified atom stereocenters. The number of guanidine groups is 1. The van der Waals surface area contributed by atoms with E-state index in [-0.39, 0.29) is 38.5 Å². The average molecular weight is 944 g/mol. The van der Waals surface area contributed by atoms with Gasteiger partial charge in [-0.05, 0) is 70.6 Å². The van der Waals surface area contributed by atoms with Crippen molar-refractivity contribution >= 4 is 66.3 Å². The van der Waals surface area contributed by atoms with E-state index in [1.807, 2.05) is 0 Å². The number of nitrogens with one attached hydrogen (secondary N) is 6. The van der Waals surface area contributed by atoms with Crippen LogP contribution in [0.1, 0.15) is 220 Å². The monoisotopic (exact) mass is 944 g/mol. The Balaban J connectivity index is 5.79. The van der Waals surface area contributed by atoms with Gasteiger partial charge in [0.2, 0.25) is 23.6 Å². The van der Waals surface area contributed by atoms with Crippen LogP contribution in [0.2, 0.25) is 0 Å². The number of nitrogens with two attached hydrogens (primary N) is 2. The first kappa shape index (κ1) is 61.8. The van der Waals surface area contributed by atoms with Crippen LogP contribution in [0.25, 0.3) is 0 Å². The van der Waals surface area contributed by atoms with Crippen molar-refractivity contribution in [1.82, 2.24) is 32.3 Å². The quantitative estimate of drug-likeness (QED) is 0.0139. The predicted octanol–water partition coefficient (Wildman–Crippen LogP) is 6.79. The van der Waals surface area contributed by atoms with Gasteiger partial charge >= 0.3 is 0 Å². The van der Waals surface area contributed by atoms with Crippen molar-refractivity contribution in [3.05, 3.63) is 0 Å². The average Bonchev–Trinajstić information content (AvgIpc) is 3.30. The van der Waals surface area contributed by atoms with Gasteiger partial charge in [0, 0.05) is 44.1 Å². The molecule has 0 aromatic rings. The SMILES string of the molecule is CCCCCCC/C=N/NC(=O)CC[C@H](NC(=O)CC[C@H](N=C(N)N)C(=O)N[C@@H](CCC(=O)N/N=C/CCCCCCC)C(=O)N/N=C/CCCCCCC)C(=O)N/N=C/CCCCCCC. The molecule has 0 rings (SSSR count). The largest absolute Gasteiger partial charge is 0.370 e. The number of hydrogen-bond donors (Lipinski definition) is 8. The highest BCUT2D eigenvalue weighted by Gasteiger charge is 2.28. The fourth-order valence-corrected chi connectivity index (χ4v) is 6.66. The van der Waals surface area contributed by atoms with Gasteiger partial charge in [0.15, 0.2) is 5.96 Å². The molecule has 19 heteroatoms. The first-order chi connectivity index (χ1) is 32.5. The van der Waals surface area contributed by atoms with E-state index in [2.05, 4.69) is 85.4 Å². The third-order valence-electron chi connectivity index (χ3n) is 10.7. The highest BCUT2D eigenvalue weighted by Crippen LogP contribution is 2.10. The molecule has 0 saturated heterocycles. The molecule has 10 N–H and O–H groups in total. The summed E-state index contributed by atoms with van der Waals surface area (Å²) in [7, 11) is 0. The van der Waals surface area contributed by atoms with Crippen LogP contribution in [0, 0.1) is 0 Å². The molecular weight excluding hydrogens is 855 g/mol. The lowest BCUT2D eigenvalue weighted by Gasteiger charge is -2.20. The van der Waals surface area contributed by atoms with E-state index < -0.39 is 59.5 Å². The van der Waals surface area contributed by atoms with Crippen molar-refractivity contribution in [3.8, 4) is 0 Å². The molecule has 3 atom stereocenters. The van der Waals surface area contributed by atoms with Gasteiger partial charge in [0.25, 0.3) is 11.8 Å².